The fourth-order valence-corrected chi connectivity index (χ4v) is 2.33. The minimum Gasteiger partial charge on any atom is -0.383 e. The smallest absolute Gasteiger partial charge is 0.0345 e. The zero-order valence-electron chi connectivity index (χ0n) is 13.1. The average molecular weight is 262 g/mol. The molecule has 0 aliphatic carbocycles. The van der Waals surface area contributed by atoms with Gasteiger partial charge in [0.05, 0.1) is 0 Å². The molecule has 0 saturated heterocycles. The number of benzene rings is 1. The van der Waals surface area contributed by atoms with Crippen LogP contribution in [0.5, 0.6) is 0 Å². The molecule has 0 radical (unpaired) electrons. The van der Waals surface area contributed by atoms with Crippen molar-refractivity contribution in [2.45, 2.75) is 59.5 Å². The monoisotopic (exact) mass is 262 g/mol. The van der Waals surface area contributed by atoms with Crippen LogP contribution in [0.4, 0.5) is 5.69 Å². The summed E-state index contributed by atoms with van der Waals surface area (Å²) in [7, 11) is 0. The van der Waals surface area contributed by atoms with E-state index in [0.29, 0.717) is 6.04 Å². The first kappa shape index (κ1) is 16.0. The van der Waals surface area contributed by atoms with Gasteiger partial charge in [-0.3, -0.25) is 4.90 Å². The fourth-order valence-electron chi connectivity index (χ4n) is 2.33. The first-order chi connectivity index (χ1) is 9.19. The molecule has 19 heavy (non-hydrogen) atoms. The molecular weight excluding hydrogens is 232 g/mol. The number of anilines is 1. The molecule has 0 aromatic heterocycles. The molecule has 0 aliphatic heterocycles. The van der Waals surface area contributed by atoms with Crippen molar-refractivity contribution in [1.82, 2.24) is 4.90 Å². The van der Waals surface area contributed by atoms with Crippen LogP contribution in [0.1, 0.15) is 52.5 Å². The highest BCUT2D eigenvalue weighted by molar-refractivity contribution is 5.46. The molecule has 0 aliphatic rings. The summed E-state index contributed by atoms with van der Waals surface area (Å²) in [6.07, 6.45) is 3.82. The van der Waals surface area contributed by atoms with Crippen molar-refractivity contribution in [2.75, 3.05) is 18.4 Å². The fraction of sp³-hybridized carbons (Fsp3) is 0.647. The lowest BCUT2D eigenvalue weighted by molar-refractivity contribution is 0.296. The number of hydrogen-bond donors (Lipinski definition) is 1. The van der Waals surface area contributed by atoms with Crippen LogP contribution in [0, 0.1) is 0 Å². The van der Waals surface area contributed by atoms with Crippen LogP contribution in [-0.2, 0) is 6.54 Å². The quantitative estimate of drug-likeness (QED) is 0.704. The van der Waals surface area contributed by atoms with E-state index in [0.717, 1.165) is 19.6 Å². The van der Waals surface area contributed by atoms with E-state index in [1.807, 2.05) is 0 Å². The zero-order valence-corrected chi connectivity index (χ0v) is 13.1. The second-order valence-electron chi connectivity index (χ2n) is 5.35. The standard InChI is InChI=1S/C17H30N2/c1-5-8-10-15(4)18-17-12-9-11-16(13-17)14-19(6-2)7-3/h9,11-13,15,18H,5-8,10,14H2,1-4H3. The van der Waals surface area contributed by atoms with Gasteiger partial charge in [-0.05, 0) is 44.1 Å². The van der Waals surface area contributed by atoms with Crippen molar-refractivity contribution in [3.63, 3.8) is 0 Å². The Labute approximate surface area is 119 Å². The van der Waals surface area contributed by atoms with Crippen molar-refractivity contribution < 1.29 is 0 Å². The van der Waals surface area contributed by atoms with E-state index in [1.165, 1.54) is 30.5 Å². The third kappa shape index (κ3) is 6.11. The number of nitrogens with one attached hydrogen (secondary N) is 1. The Morgan fingerprint density at radius 1 is 1.16 bits per heavy atom. The molecule has 2 nitrogen and oxygen atoms in total. The number of unbranched alkanes of at least 4 members (excludes halogenated alkanes) is 1. The molecule has 0 spiro atoms. The van der Waals surface area contributed by atoms with E-state index < -0.39 is 0 Å². The maximum absolute atomic E-state index is 3.61. The van der Waals surface area contributed by atoms with E-state index >= 15 is 0 Å². The Kier molecular flexibility index (Phi) is 7.57. The highest BCUT2D eigenvalue weighted by Gasteiger charge is 2.04. The number of nitrogens with zero attached hydrogens (tertiary/aromatic N) is 1. The number of rotatable bonds is 9. The van der Waals surface area contributed by atoms with Crippen LogP contribution in [0.3, 0.4) is 0 Å². The first-order valence-electron chi connectivity index (χ1n) is 7.77. The minimum atomic E-state index is 0.559. The summed E-state index contributed by atoms with van der Waals surface area (Å²) in [5.41, 5.74) is 2.66. The molecule has 0 heterocycles. The van der Waals surface area contributed by atoms with Crippen LogP contribution < -0.4 is 5.32 Å². The third-order valence-electron chi connectivity index (χ3n) is 3.63. The average Bonchev–Trinajstić information content (AvgIpc) is 2.43. The molecule has 1 rings (SSSR count). The largest absolute Gasteiger partial charge is 0.383 e. The number of hydrogen-bond acceptors (Lipinski definition) is 2. The van der Waals surface area contributed by atoms with E-state index in [-0.39, 0.29) is 0 Å². The Morgan fingerprint density at radius 3 is 2.53 bits per heavy atom. The summed E-state index contributed by atoms with van der Waals surface area (Å²) in [5, 5.41) is 3.61. The maximum atomic E-state index is 3.61. The Balaban J connectivity index is 2.56. The van der Waals surface area contributed by atoms with Crippen LogP contribution in [0.15, 0.2) is 24.3 Å². The van der Waals surface area contributed by atoms with E-state index in [4.69, 9.17) is 0 Å². The molecule has 2 heteroatoms. The van der Waals surface area contributed by atoms with Gasteiger partial charge < -0.3 is 5.32 Å². The normalized spacial score (nSPS) is 12.7. The second-order valence-corrected chi connectivity index (χ2v) is 5.35. The Morgan fingerprint density at radius 2 is 1.89 bits per heavy atom. The summed E-state index contributed by atoms with van der Waals surface area (Å²) in [4.78, 5) is 2.44. The van der Waals surface area contributed by atoms with E-state index in [9.17, 15) is 0 Å². The summed E-state index contributed by atoms with van der Waals surface area (Å²) >= 11 is 0. The molecule has 0 saturated carbocycles. The SMILES string of the molecule is CCCCC(C)Nc1cccc(CN(CC)CC)c1. The van der Waals surface area contributed by atoms with Gasteiger partial charge >= 0.3 is 0 Å². The van der Waals surface area contributed by atoms with Crippen LogP contribution in [0.25, 0.3) is 0 Å². The van der Waals surface area contributed by atoms with Gasteiger partial charge in [-0.2, -0.15) is 0 Å². The van der Waals surface area contributed by atoms with E-state index in [1.54, 1.807) is 0 Å². The highest BCUT2D eigenvalue weighted by Crippen LogP contribution is 2.15. The van der Waals surface area contributed by atoms with Gasteiger partial charge in [0.1, 0.15) is 0 Å². The topological polar surface area (TPSA) is 15.3 Å². The summed E-state index contributed by atoms with van der Waals surface area (Å²) in [5.74, 6) is 0. The molecule has 1 atom stereocenters. The van der Waals surface area contributed by atoms with Gasteiger partial charge in [0, 0.05) is 18.3 Å². The van der Waals surface area contributed by atoms with Gasteiger partial charge in [-0.25, -0.2) is 0 Å². The summed E-state index contributed by atoms with van der Waals surface area (Å²) in [6.45, 7) is 12.2. The second kappa shape index (κ2) is 8.98. The lowest BCUT2D eigenvalue weighted by Gasteiger charge is -2.19. The molecule has 108 valence electrons. The zero-order chi connectivity index (χ0) is 14.1. The van der Waals surface area contributed by atoms with Gasteiger partial charge in [-0.1, -0.05) is 45.7 Å². The summed E-state index contributed by atoms with van der Waals surface area (Å²) in [6, 6.07) is 9.41. The van der Waals surface area contributed by atoms with Crippen molar-refractivity contribution in [3.8, 4) is 0 Å². The summed E-state index contributed by atoms with van der Waals surface area (Å²) < 4.78 is 0. The predicted octanol–water partition coefficient (Wildman–Crippen LogP) is 4.52. The van der Waals surface area contributed by atoms with Gasteiger partial charge in [0.25, 0.3) is 0 Å². The van der Waals surface area contributed by atoms with Crippen molar-refractivity contribution >= 4 is 5.69 Å². The minimum absolute atomic E-state index is 0.559. The van der Waals surface area contributed by atoms with Crippen LogP contribution in [0.2, 0.25) is 0 Å². The molecule has 1 aromatic rings. The first-order valence-corrected chi connectivity index (χ1v) is 7.77. The van der Waals surface area contributed by atoms with Gasteiger partial charge in [0.15, 0.2) is 0 Å². The highest BCUT2D eigenvalue weighted by atomic mass is 15.1. The third-order valence-corrected chi connectivity index (χ3v) is 3.63. The van der Waals surface area contributed by atoms with Gasteiger partial charge in [-0.15, -0.1) is 0 Å². The molecule has 0 amide bonds. The maximum Gasteiger partial charge on any atom is 0.0345 e. The van der Waals surface area contributed by atoms with E-state index in [2.05, 4.69) is 62.2 Å². The lowest BCUT2D eigenvalue weighted by Crippen LogP contribution is -2.22. The molecule has 1 aromatic carbocycles. The predicted molar refractivity (Wildman–Crippen MR) is 85.7 cm³/mol. The van der Waals surface area contributed by atoms with Gasteiger partial charge in [0.2, 0.25) is 0 Å². The van der Waals surface area contributed by atoms with Crippen molar-refractivity contribution in [1.29, 1.82) is 0 Å². The molecule has 0 fully saturated rings. The van der Waals surface area contributed by atoms with Crippen LogP contribution in [-0.4, -0.2) is 24.0 Å². The molecule has 1 N–H and O–H groups in total. The Bertz CT molecular complexity index is 345. The Hall–Kier alpha value is -1.02. The molecule has 1 unspecified atom stereocenters. The molecular formula is C17H30N2. The van der Waals surface area contributed by atoms with Crippen molar-refractivity contribution in [2.24, 2.45) is 0 Å². The lowest BCUT2D eigenvalue weighted by atomic mass is 10.1. The van der Waals surface area contributed by atoms with Crippen molar-refractivity contribution in [3.05, 3.63) is 29.8 Å². The van der Waals surface area contributed by atoms with Crippen LogP contribution >= 0.6 is 0 Å². The molecule has 0 bridgehead atoms.